The fourth-order valence-corrected chi connectivity index (χ4v) is 3.63. The third kappa shape index (κ3) is 2.26. The normalized spacial score (nSPS) is 29.5. The molecule has 1 N–H and O–H groups in total. The van der Waals surface area contributed by atoms with E-state index in [9.17, 15) is 9.18 Å². The van der Waals surface area contributed by atoms with Gasteiger partial charge in [-0.1, -0.05) is 18.6 Å². The first-order valence-corrected chi connectivity index (χ1v) is 6.77. The van der Waals surface area contributed by atoms with Crippen molar-refractivity contribution in [2.45, 2.75) is 32.1 Å². The predicted octanol–water partition coefficient (Wildman–Crippen LogP) is 3.59. The number of para-hydroxylation sites is 1. The molecule has 2 saturated carbocycles. The summed E-state index contributed by atoms with van der Waals surface area (Å²) in [5.74, 6) is 1.70. The van der Waals surface area contributed by atoms with E-state index < -0.39 is 0 Å². The molecule has 18 heavy (non-hydrogen) atoms. The number of hydrogen-bond donors (Lipinski definition) is 1. The van der Waals surface area contributed by atoms with E-state index in [4.69, 9.17) is 0 Å². The van der Waals surface area contributed by atoms with E-state index >= 15 is 0 Å². The molecule has 1 aromatic carbocycles. The monoisotopic (exact) mass is 247 g/mol. The molecular formula is C15H18FNO. The molecule has 0 unspecified atom stereocenters. The summed E-state index contributed by atoms with van der Waals surface area (Å²) in [5, 5.41) is 2.68. The lowest BCUT2D eigenvalue weighted by Gasteiger charge is -2.20. The topological polar surface area (TPSA) is 29.1 Å². The maximum absolute atomic E-state index is 13.4. The lowest BCUT2D eigenvalue weighted by Crippen LogP contribution is -2.20. The van der Waals surface area contributed by atoms with Crippen LogP contribution in [0.15, 0.2) is 24.3 Å². The molecule has 2 fully saturated rings. The average Bonchev–Trinajstić information content (AvgIpc) is 2.94. The van der Waals surface area contributed by atoms with Crippen LogP contribution in [-0.4, -0.2) is 5.91 Å². The lowest BCUT2D eigenvalue weighted by molar-refractivity contribution is -0.117. The number of halogens is 1. The van der Waals surface area contributed by atoms with Gasteiger partial charge in [0.05, 0.1) is 5.69 Å². The maximum Gasteiger partial charge on any atom is 0.224 e. The van der Waals surface area contributed by atoms with Crippen LogP contribution in [0.3, 0.4) is 0 Å². The van der Waals surface area contributed by atoms with Crippen LogP contribution in [0.2, 0.25) is 0 Å². The van der Waals surface area contributed by atoms with E-state index in [1.807, 2.05) is 0 Å². The molecular weight excluding hydrogens is 229 g/mol. The van der Waals surface area contributed by atoms with Crippen LogP contribution in [0.4, 0.5) is 10.1 Å². The van der Waals surface area contributed by atoms with Gasteiger partial charge in [-0.05, 0) is 49.1 Å². The second-order valence-corrected chi connectivity index (χ2v) is 5.67. The van der Waals surface area contributed by atoms with Crippen LogP contribution in [0.25, 0.3) is 0 Å². The van der Waals surface area contributed by atoms with Gasteiger partial charge in [0, 0.05) is 6.42 Å². The lowest BCUT2D eigenvalue weighted by atomic mass is 9.86. The summed E-state index contributed by atoms with van der Waals surface area (Å²) in [7, 11) is 0. The molecule has 1 amide bonds. The quantitative estimate of drug-likeness (QED) is 0.869. The van der Waals surface area contributed by atoms with Crippen molar-refractivity contribution in [1.29, 1.82) is 0 Å². The first-order chi connectivity index (χ1) is 8.72. The van der Waals surface area contributed by atoms with Crippen molar-refractivity contribution in [3.8, 4) is 0 Å². The SMILES string of the molecule is O=C(C[C@H]1C[C@@H]2CC[C@@H]1C2)Nc1ccccc1F. The van der Waals surface area contributed by atoms with Crippen molar-refractivity contribution in [3.63, 3.8) is 0 Å². The number of amides is 1. The largest absolute Gasteiger partial charge is 0.324 e. The fraction of sp³-hybridized carbons (Fsp3) is 0.533. The summed E-state index contributed by atoms with van der Waals surface area (Å²) in [6.07, 6.45) is 5.67. The summed E-state index contributed by atoms with van der Waals surface area (Å²) in [5.41, 5.74) is 0.297. The second kappa shape index (κ2) is 4.71. The zero-order valence-electron chi connectivity index (χ0n) is 10.4. The Kier molecular flexibility index (Phi) is 3.06. The molecule has 3 atom stereocenters. The van der Waals surface area contributed by atoms with Crippen LogP contribution >= 0.6 is 0 Å². The predicted molar refractivity (Wildman–Crippen MR) is 68.6 cm³/mol. The standard InChI is InChI=1S/C15H18FNO/c16-13-3-1-2-4-14(13)17-15(18)9-12-8-10-5-6-11(12)7-10/h1-4,10-12H,5-9H2,(H,17,18)/t10-,11-,12-/m1/s1. The van der Waals surface area contributed by atoms with Gasteiger partial charge in [-0.15, -0.1) is 0 Å². The molecule has 0 spiro atoms. The van der Waals surface area contributed by atoms with Gasteiger partial charge in [0.1, 0.15) is 5.82 Å². The van der Waals surface area contributed by atoms with Gasteiger partial charge < -0.3 is 5.32 Å². The average molecular weight is 247 g/mol. The molecule has 2 bridgehead atoms. The third-order valence-electron chi connectivity index (χ3n) is 4.48. The zero-order chi connectivity index (χ0) is 12.5. The Bertz CT molecular complexity index is 460. The van der Waals surface area contributed by atoms with Crippen LogP contribution in [0.1, 0.15) is 32.1 Å². The number of rotatable bonds is 3. The smallest absolute Gasteiger partial charge is 0.224 e. The number of anilines is 1. The minimum absolute atomic E-state index is 0.0438. The Hall–Kier alpha value is -1.38. The molecule has 3 heteroatoms. The molecule has 96 valence electrons. The Morgan fingerprint density at radius 3 is 2.78 bits per heavy atom. The highest BCUT2D eigenvalue weighted by molar-refractivity contribution is 5.91. The highest BCUT2D eigenvalue weighted by Crippen LogP contribution is 2.49. The van der Waals surface area contributed by atoms with Crippen LogP contribution < -0.4 is 5.32 Å². The molecule has 0 aromatic heterocycles. The highest BCUT2D eigenvalue weighted by Gasteiger charge is 2.40. The molecule has 0 saturated heterocycles. The Balaban J connectivity index is 1.58. The van der Waals surface area contributed by atoms with Crippen LogP contribution in [0.5, 0.6) is 0 Å². The number of carbonyl (C=O) groups excluding carboxylic acids is 1. The molecule has 2 nitrogen and oxygen atoms in total. The van der Waals surface area contributed by atoms with Crippen LogP contribution in [-0.2, 0) is 4.79 Å². The van der Waals surface area contributed by atoms with Gasteiger partial charge in [-0.25, -0.2) is 4.39 Å². The molecule has 2 aliphatic rings. The fourth-order valence-electron chi connectivity index (χ4n) is 3.63. The van der Waals surface area contributed by atoms with E-state index in [2.05, 4.69) is 5.32 Å². The molecule has 0 aliphatic heterocycles. The van der Waals surface area contributed by atoms with Gasteiger partial charge in [0.15, 0.2) is 0 Å². The first kappa shape index (κ1) is 11.7. The highest BCUT2D eigenvalue weighted by atomic mass is 19.1. The number of benzene rings is 1. The number of carbonyl (C=O) groups is 1. The van der Waals surface area contributed by atoms with Crippen molar-refractivity contribution < 1.29 is 9.18 Å². The van der Waals surface area contributed by atoms with E-state index in [0.29, 0.717) is 18.0 Å². The Labute approximate surface area is 107 Å². The van der Waals surface area contributed by atoms with Crippen molar-refractivity contribution in [2.24, 2.45) is 17.8 Å². The molecule has 1 aromatic rings. The van der Waals surface area contributed by atoms with E-state index in [1.165, 1.54) is 31.7 Å². The minimum atomic E-state index is -0.362. The number of fused-ring (bicyclic) bond motifs is 2. The number of nitrogens with one attached hydrogen (secondary N) is 1. The van der Waals surface area contributed by atoms with E-state index in [0.717, 1.165) is 11.8 Å². The molecule has 0 radical (unpaired) electrons. The maximum atomic E-state index is 13.4. The van der Waals surface area contributed by atoms with Crippen LogP contribution in [0, 0.1) is 23.6 Å². The minimum Gasteiger partial charge on any atom is -0.324 e. The Morgan fingerprint density at radius 1 is 1.28 bits per heavy atom. The third-order valence-corrected chi connectivity index (χ3v) is 4.48. The van der Waals surface area contributed by atoms with Gasteiger partial charge in [0.25, 0.3) is 0 Å². The van der Waals surface area contributed by atoms with Gasteiger partial charge in [-0.2, -0.15) is 0 Å². The van der Waals surface area contributed by atoms with E-state index in [1.54, 1.807) is 18.2 Å². The van der Waals surface area contributed by atoms with Gasteiger partial charge >= 0.3 is 0 Å². The van der Waals surface area contributed by atoms with Crippen molar-refractivity contribution >= 4 is 11.6 Å². The summed E-state index contributed by atoms with van der Waals surface area (Å²) in [6, 6.07) is 6.33. The van der Waals surface area contributed by atoms with E-state index in [-0.39, 0.29) is 11.7 Å². The van der Waals surface area contributed by atoms with Gasteiger partial charge in [0.2, 0.25) is 5.91 Å². The number of hydrogen-bond acceptors (Lipinski definition) is 1. The van der Waals surface area contributed by atoms with Crippen molar-refractivity contribution in [1.82, 2.24) is 0 Å². The molecule has 0 heterocycles. The Morgan fingerprint density at radius 2 is 2.11 bits per heavy atom. The summed E-state index contributed by atoms with van der Waals surface area (Å²) in [4.78, 5) is 11.9. The first-order valence-electron chi connectivity index (χ1n) is 6.77. The van der Waals surface area contributed by atoms with Crippen molar-refractivity contribution in [2.75, 3.05) is 5.32 Å². The summed E-state index contributed by atoms with van der Waals surface area (Å²) < 4.78 is 13.4. The summed E-state index contributed by atoms with van der Waals surface area (Å²) in [6.45, 7) is 0. The van der Waals surface area contributed by atoms with Gasteiger partial charge in [-0.3, -0.25) is 4.79 Å². The summed E-state index contributed by atoms with van der Waals surface area (Å²) >= 11 is 0. The molecule has 2 aliphatic carbocycles. The zero-order valence-corrected chi connectivity index (χ0v) is 10.4. The second-order valence-electron chi connectivity index (χ2n) is 5.67. The molecule has 3 rings (SSSR count). The van der Waals surface area contributed by atoms with Crippen molar-refractivity contribution in [3.05, 3.63) is 30.1 Å².